The van der Waals surface area contributed by atoms with E-state index in [1.54, 1.807) is 37.3 Å². The van der Waals surface area contributed by atoms with Crippen LogP contribution in [0, 0.1) is 0 Å². The fourth-order valence-electron chi connectivity index (χ4n) is 2.01. The molecule has 1 heterocycles. The number of esters is 1. The molecule has 0 spiro atoms. The zero-order valence-corrected chi connectivity index (χ0v) is 11.1. The van der Waals surface area contributed by atoms with E-state index >= 15 is 0 Å². The monoisotopic (exact) mass is 282 g/mol. The summed E-state index contributed by atoms with van der Waals surface area (Å²) in [4.78, 5) is 23.5. The third-order valence-corrected chi connectivity index (χ3v) is 3.86. The first-order chi connectivity index (χ1) is 9.01. The Hall–Kier alpha value is -1.37. The zero-order valence-electron chi connectivity index (χ0n) is 10.3. The molecule has 2 rings (SSSR count). The van der Waals surface area contributed by atoms with Crippen LogP contribution >= 0.6 is 11.8 Å². The zero-order chi connectivity index (χ0) is 14.0. The summed E-state index contributed by atoms with van der Waals surface area (Å²) in [6, 6.07) is 8.42. The third kappa shape index (κ3) is 2.27. The van der Waals surface area contributed by atoms with E-state index in [1.807, 2.05) is 0 Å². The van der Waals surface area contributed by atoms with Gasteiger partial charge in [-0.15, -0.1) is 0 Å². The van der Waals surface area contributed by atoms with Crippen LogP contribution in [-0.2, 0) is 14.3 Å². The van der Waals surface area contributed by atoms with Gasteiger partial charge < -0.3 is 14.9 Å². The first-order valence-corrected chi connectivity index (χ1v) is 6.83. The molecule has 1 aliphatic heterocycles. The Labute approximate surface area is 114 Å². The highest BCUT2D eigenvalue weighted by atomic mass is 32.2. The Morgan fingerprint density at radius 1 is 1.42 bits per heavy atom. The second-order valence-corrected chi connectivity index (χ2v) is 5.41. The minimum absolute atomic E-state index is 0.434. The number of thioether (sulfide) groups is 1. The molecule has 1 aromatic carbocycles. The first kappa shape index (κ1) is 14.0. The van der Waals surface area contributed by atoms with E-state index in [9.17, 15) is 19.8 Å². The number of benzene rings is 1. The second-order valence-electron chi connectivity index (χ2n) is 4.18. The molecule has 0 bridgehead atoms. The van der Waals surface area contributed by atoms with Crippen LogP contribution in [0.25, 0.3) is 0 Å². The highest BCUT2D eigenvalue weighted by Gasteiger charge is 2.61. The second kappa shape index (κ2) is 5.32. The number of hydrogen-bond acceptors (Lipinski definition) is 6. The topological polar surface area (TPSA) is 83.8 Å². The van der Waals surface area contributed by atoms with Crippen molar-refractivity contribution in [1.29, 1.82) is 0 Å². The number of carbonyl (C=O) groups excluding carboxylic acids is 2. The summed E-state index contributed by atoms with van der Waals surface area (Å²) in [5.74, 6) is -0.551. The van der Waals surface area contributed by atoms with Crippen molar-refractivity contribution >= 4 is 22.8 Å². The summed E-state index contributed by atoms with van der Waals surface area (Å²) in [6.45, 7) is 1.74. The summed E-state index contributed by atoms with van der Waals surface area (Å²) in [6.07, 6.45) is -3.04. The molecule has 2 N–H and O–H groups in total. The summed E-state index contributed by atoms with van der Waals surface area (Å²) in [5, 5.41) is 19.6. The van der Waals surface area contributed by atoms with Gasteiger partial charge in [-0.2, -0.15) is 0 Å². The van der Waals surface area contributed by atoms with Gasteiger partial charge in [0, 0.05) is 0 Å². The van der Waals surface area contributed by atoms with Crippen molar-refractivity contribution in [1.82, 2.24) is 0 Å². The van der Waals surface area contributed by atoms with Gasteiger partial charge in [0.05, 0.1) is 0 Å². The molecule has 0 amide bonds. The molecule has 19 heavy (non-hydrogen) atoms. The maximum absolute atomic E-state index is 12.0. The molecule has 0 aromatic heterocycles. The van der Waals surface area contributed by atoms with E-state index in [-0.39, 0.29) is 0 Å². The van der Waals surface area contributed by atoms with Gasteiger partial charge >= 0.3 is 5.97 Å². The van der Waals surface area contributed by atoms with E-state index in [4.69, 9.17) is 4.74 Å². The van der Waals surface area contributed by atoms with Crippen molar-refractivity contribution in [3.63, 3.8) is 0 Å². The Kier molecular flexibility index (Phi) is 3.93. The number of hydrogen-bond donors (Lipinski definition) is 2. The molecule has 1 aliphatic rings. The summed E-state index contributed by atoms with van der Waals surface area (Å²) >= 11 is 0.850. The van der Waals surface area contributed by atoms with Gasteiger partial charge in [-0.3, -0.25) is 4.79 Å². The van der Waals surface area contributed by atoms with Crippen molar-refractivity contribution < 1.29 is 24.5 Å². The SMILES string of the molecule is CCSC(=O)[C@@]1(O)[C@@H](c2ccccc2)OC(=O)[C@@H]1O. The van der Waals surface area contributed by atoms with Crippen molar-refractivity contribution in [3.8, 4) is 0 Å². The van der Waals surface area contributed by atoms with E-state index in [0.717, 1.165) is 11.8 Å². The average molecular weight is 282 g/mol. The number of rotatable bonds is 3. The minimum Gasteiger partial charge on any atom is -0.452 e. The maximum Gasteiger partial charge on any atom is 0.339 e. The van der Waals surface area contributed by atoms with Gasteiger partial charge in [0.2, 0.25) is 10.7 Å². The first-order valence-electron chi connectivity index (χ1n) is 5.85. The normalized spacial score (nSPS) is 30.2. The van der Waals surface area contributed by atoms with E-state index in [0.29, 0.717) is 11.3 Å². The molecule has 0 aliphatic carbocycles. The van der Waals surface area contributed by atoms with E-state index < -0.39 is 28.9 Å². The maximum atomic E-state index is 12.0. The minimum atomic E-state index is -2.24. The fourth-order valence-corrected chi connectivity index (χ4v) is 2.72. The molecular weight excluding hydrogens is 268 g/mol. The molecule has 3 atom stereocenters. The standard InChI is InChI=1S/C13H14O5S/c1-2-19-12(16)13(17)9(14)11(15)18-10(13)8-6-4-3-5-7-8/h3-7,9-10,14,17H,2H2,1H3/t9-,10+,13-/m0/s1. The number of aliphatic hydroxyl groups excluding tert-OH is 1. The number of ether oxygens (including phenoxy) is 1. The largest absolute Gasteiger partial charge is 0.452 e. The predicted octanol–water partition coefficient (Wildman–Crippen LogP) is 0.656. The molecule has 1 saturated heterocycles. The van der Waals surface area contributed by atoms with Crippen LogP contribution in [0.1, 0.15) is 18.6 Å². The van der Waals surface area contributed by atoms with E-state index in [2.05, 4.69) is 0 Å². The van der Waals surface area contributed by atoms with Crippen molar-refractivity contribution in [3.05, 3.63) is 35.9 Å². The van der Waals surface area contributed by atoms with Crippen LogP contribution in [0.2, 0.25) is 0 Å². The van der Waals surface area contributed by atoms with Gasteiger partial charge in [0.15, 0.2) is 12.2 Å². The van der Waals surface area contributed by atoms with Crippen LogP contribution in [0.5, 0.6) is 0 Å². The lowest BCUT2D eigenvalue weighted by Crippen LogP contribution is -2.50. The Balaban J connectivity index is 2.42. The van der Waals surface area contributed by atoms with Crippen LogP contribution in [0.3, 0.4) is 0 Å². The molecule has 1 fully saturated rings. The van der Waals surface area contributed by atoms with Crippen LogP contribution < -0.4 is 0 Å². The van der Waals surface area contributed by atoms with Gasteiger partial charge in [-0.05, 0) is 11.3 Å². The van der Waals surface area contributed by atoms with Crippen LogP contribution in [-0.4, -0.2) is 38.8 Å². The van der Waals surface area contributed by atoms with Crippen LogP contribution in [0.4, 0.5) is 0 Å². The molecule has 5 nitrogen and oxygen atoms in total. The molecule has 102 valence electrons. The molecule has 1 aromatic rings. The molecule has 0 radical (unpaired) electrons. The summed E-state index contributed by atoms with van der Waals surface area (Å²) in [7, 11) is 0. The lowest BCUT2D eigenvalue weighted by molar-refractivity contribution is -0.148. The van der Waals surface area contributed by atoms with Gasteiger partial charge in [-0.25, -0.2) is 4.79 Å². The Morgan fingerprint density at radius 3 is 2.63 bits per heavy atom. The lowest BCUT2D eigenvalue weighted by Gasteiger charge is -2.27. The molecular formula is C13H14O5S. The molecule has 0 saturated carbocycles. The van der Waals surface area contributed by atoms with Crippen LogP contribution in [0.15, 0.2) is 30.3 Å². The summed E-state index contributed by atoms with van der Waals surface area (Å²) in [5.41, 5.74) is -1.76. The Morgan fingerprint density at radius 2 is 2.05 bits per heavy atom. The van der Waals surface area contributed by atoms with Gasteiger partial charge in [0.1, 0.15) is 0 Å². The van der Waals surface area contributed by atoms with E-state index in [1.165, 1.54) is 0 Å². The van der Waals surface area contributed by atoms with Gasteiger partial charge in [-0.1, -0.05) is 49.0 Å². The number of aliphatic hydroxyl groups is 2. The van der Waals surface area contributed by atoms with Gasteiger partial charge in [0.25, 0.3) is 0 Å². The highest BCUT2D eigenvalue weighted by molar-refractivity contribution is 8.13. The third-order valence-electron chi connectivity index (χ3n) is 2.98. The highest BCUT2D eigenvalue weighted by Crippen LogP contribution is 2.41. The van der Waals surface area contributed by atoms with Crippen molar-refractivity contribution in [2.45, 2.75) is 24.7 Å². The quantitative estimate of drug-likeness (QED) is 0.792. The fraction of sp³-hybridized carbons (Fsp3) is 0.385. The molecule has 6 heteroatoms. The summed E-state index contributed by atoms with van der Waals surface area (Å²) < 4.78 is 4.97. The number of cyclic esters (lactones) is 1. The lowest BCUT2D eigenvalue weighted by atomic mass is 9.89. The number of carbonyl (C=O) groups is 2. The van der Waals surface area contributed by atoms with Crippen molar-refractivity contribution in [2.75, 3.05) is 5.75 Å². The smallest absolute Gasteiger partial charge is 0.339 e. The average Bonchev–Trinajstić information content (AvgIpc) is 2.66. The predicted molar refractivity (Wildman–Crippen MR) is 69.4 cm³/mol. The molecule has 0 unspecified atom stereocenters. The Bertz CT molecular complexity index is 489. The van der Waals surface area contributed by atoms with Crippen molar-refractivity contribution in [2.24, 2.45) is 0 Å².